The van der Waals surface area contributed by atoms with Crippen LogP contribution in [0.2, 0.25) is 0 Å². The Bertz CT molecular complexity index is 314. The molecule has 5 heteroatoms. The van der Waals surface area contributed by atoms with Crippen molar-refractivity contribution < 1.29 is 4.39 Å². The second kappa shape index (κ2) is 3.31. The van der Waals surface area contributed by atoms with E-state index in [-0.39, 0.29) is 6.04 Å². The fourth-order valence-electron chi connectivity index (χ4n) is 1.91. The van der Waals surface area contributed by atoms with Gasteiger partial charge in [-0.25, -0.2) is 4.39 Å². The number of hydrogen-bond donors (Lipinski definition) is 1. The number of alkyl halides is 1. The van der Waals surface area contributed by atoms with E-state index in [1.807, 2.05) is 0 Å². The number of aryl methyl sites for hydroxylation is 1. The van der Waals surface area contributed by atoms with Crippen molar-refractivity contribution in [2.45, 2.75) is 37.4 Å². The summed E-state index contributed by atoms with van der Waals surface area (Å²) in [4.78, 5) is 0. The van der Waals surface area contributed by atoms with Crippen LogP contribution in [0.25, 0.3) is 0 Å². The summed E-state index contributed by atoms with van der Waals surface area (Å²) in [6.45, 7) is 0. The van der Waals surface area contributed by atoms with Crippen LogP contribution in [0, 0.1) is 0 Å². The van der Waals surface area contributed by atoms with E-state index in [1.54, 1.807) is 13.2 Å². The summed E-state index contributed by atoms with van der Waals surface area (Å²) in [7, 11) is 1.74. The monoisotopic (exact) mass is 198 g/mol. The van der Waals surface area contributed by atoms with Gasteiger partial charge in [0.05, 0.1) is 6.20 Å². The first-order valence-corrected chi connectivity index (χ1v) is 4.91. The lowest BCUT2D eigenvalue weighted by atomic mass is 9.82. The van der Waals surface area contributed by atoms with Gasteiger partial charge in [-0.1, -0.05) is 5.21 Å². The summed E-state index contributed by atoms with van der Waals surface area (Å²) >= 11 is 0. The maximum atomic E-state index is 14.3. The van der Waals surface area contributed by atoms with Crippen LogP contribution in [0.3, 0.4) is 0 Å². The quantitative estimate of drug-likeness (QED) is 0.728. The van der Waals surface area contributed by atoms with Crippen LogP contribution >= 0.6 is 0 Å². The zero-order valence-electron chi connectivity index (χ0n) is 8.28. The van der Waals surface area contributed by atoms with E-state index < -0.39 is 5.67 Å². The van der Waals surface area contributed by atoms with Gasteiger partial charge in [-0.2, -0.15) is 0 Å². The van der Waals surface area contributed by atoms with Crippen LogP contribution in [0.4, 0.5) is 4.39 Å². The zero-order valence-corrected chi connectivity index (χ0v) is 8.28. The Morgan fingerprint density at radius 1 is 1.57 bits per heavy atom. The van der Waals surface area contributed by atoms with E-state index in [2.05, 4.69) is 10.3 Å². The molecule has 14 heavy (non-hydrogen) atoms. The largest absolute Gasteiger partial charge is 0.328 e. The SMILES string of the molecule is Cn1cc(C2(F)CCC(N)CC2)nn1. The molecule has 0 aromatic carbocycles. The Balaban J connectivity index is 2.16. The van der Waals surface area contributed by atoms with Crippen molar-refractivity contribution in [2.24, 2.45) is 12.8 Å². The predicted octanol–water partition coefficient (Wildman–Crippen LogP) is 0.881. The van der Waals surface area contributed by atoms with Gasteiger partial charge in [0.15, 0.2) is 5.67 Å². The number of nitrogens with two attached hydrogens (primary N) is 1. The molecule has 1 aromatic heterocycles. The molecule has 0 saturated heterocycles. The molecular formula is C9H15FN4. The van der Waals surface area contributed by atoms with Crippen molar-refractivity contribution >= 4 is 0 Å². The summed E-state index contributed by atoms with van der Waals surface area (Å²) in [5, 5.41) is 7.58. The third-order valence-corrected chi connectivity index (χ3v) is 2.88. The number of hydrogen-bond acceptors (Lipinski definition) is 3. The third-order valence-electron chi connectivity index (χ3n) is 2.88. The molecule has 4 nitrogen and oxygen atoms in total. The van der Waals surface area contributed by atoms with Gasteiger partial charge in [0, 0.05) is 13.1 Å². The molecule has 2 N–H and O–H groups in total. The average molecular weight is 198 g/mol. The normalized spacial score (nSPS) is 33.2. The molecule has 0 atom stereocenters. The first-order chi connectivity index (χ1) is 6.60. The molecule has 0 radical (unpaired) electrons. The van der Waals surface area contributed by atoms with E-state index in [4.69, 9.17) is 5.73 Å². The number of nitrogens with zero attached hydrogens (tertiary/aromatic N) is 3. The van der Waals surface area contributed by atoms with Crippen molar-refractivity contribution in [1.29, 1.82) is 0 Å². The Morgan fingerprint density at radius 3 is 2.71 bits per heavy atom. The van der Waals surface area contributed by atoms with Gasteiger partial charge < -0.3 is 5.73 Å². The highest BCUT2D eigenvalue weighted by molar-refractivity contribution is 5.08. The molecule has 1 aromatic rings. The molecule has 0 aliphatic heterocycles. The predicted molar refractivity (Wildman–Crippen MR) is 50.2 cm³/mol. The van der Waals surface area contributed by atoms with Gasteiger partial charge in [0.2, 0.25) is 0 Å². The molecule has 0 unspecified atom stereocenters. The highest BCUT2D eigenvalue weighted by Gasteiger charge is 2.38. The molecule has 1 saturated carbocycles. The van der Waals surface area contributed by atoms with Crippen LogP contribution in [0.15, 0.2) is 6.20 Å². The lowest BCUT2D eigenvalue weighted by molar-refractivity contribution is 0.0928. The minimum absolute atomic E-state index is 0.149. The lowest BCUT2D eigenvalue weighted by Gasteiger charge is -2.30. The van der Waals surface area contributed by atoms with Crippen molar-refractivity contribution in [3.8, 4) is 0 Å². The first kappa shape index (κ1) is 9.58. The molecule has 1 aliphatic rings. The van der Waals surface area contributed by atoms with Crippen molar-refractivity contribution in [2.75, 3.05) is 0 Å². The highest BCUT2D eigenvalue weighted by Crippen LogP contribution is 2.39. The van der Waals surface area contributed by atoms with Crippen molar-refractivity contribution in [3.63, 3.8) is 0 Å². The van der Waals surface area contributed by atoms with E-state index in [0.717, 1.165) is 12.8 Å². The van der Waals surface area contributed by atoms with Gasteiger partial charge in [0.1, 0.15) is 5.69 Å². The Morgan fingerprint density at radius 2 is 2.21 bits per heavy atom. The topological polar surface area (TPSA) is 56.7 Å². The molecule has 78 valence electrons. The second-order valence-corrected chi connectivity index (χ2v) is 4.08. The maximum absolute atomic E-state index is 14.3. The van der Waals surface area contributed by atoms with Gasteiger partial charge in [-0.05, 0) is 25.7 Å². The maximum Gasteiger partial charge on any atom is 0.156 e. The van der Waals surface area contributed by atoms with Crippen LogP contribution < -0.4 is 5.73 Å². The minimum atomic E-state index is -1.30. The Kier molecular flexibility index (Phi) is 2.26. The molecule has 2 rings (SSSR count). The molecule has 1 fully saturated rings. The summed E-state index contributed by atoms with van der Waals surface area (Å²) in [5.41, 5.74) is 4.88. The summed E-state index contributed by atoms with van der Waals surface area (Å²) in [5.74, 6) is 0. The van der Waals surface area contributed by atoms with E-state index in [1.165, 1.54) is 4.68 Å². The van der Waals surface area contributed by atoms with Gasteiger partial charge >= 0.3 is 0 Å². The van der Waals surface area contributed by atoms with Gasteiger partial charge in [-0.15, -0.1) is 5.10 Å². The Labute approximate surface area is 82.3 Å². The number of rotatable bonds is 1. The molecule has 0 bridgehead atoms. The molecular weight excluding hydrogens is 183 g/mol. The third kappa shape index (κ3) is 1.64. The van der Waals surface area contributed by atoms with E-state index in [0.29, 0.717) is 18.5 Å². The fourth-order valence-corrected chi connectivity index (χ4v) is 1.91. The van der Waals surface area contributed by atoms with Crippen molar-refractivity contribution in [1.82, 2.24) is 15.0 Å². The second-order valence-electron chi connectivity index (χ2n) is 4.08. The summed E-state index contributed by atoms with van der Waals surface area (Å²) < 4.78 is 15.9. The first-order valence-electron chi connectivity index (χ1n) is 4.91. The summed E-state index contributed by atoms with van der Waals surface area (Å²) in [6, 6.07) is 0.149. The molecule has 0 amide bonds. The Hall–Kier alpha value is -0.970. The number of aromatic nitrogens is 3. The molecule has 1 heterocycles. The van der Waals surface area contributed by atoms with Crippen LogP contribution in [0.5, 0.6) is 0 Å². The van der Waals surface area contributed by atoms with Gasteiger partial charge in [-0.3, -0.25) is 4.68 Å². The fraction of sp³-hybridized carbons (Fsp3) is 0.778. The van der Waals surface area contributed by atoms with Crippen LogP contribution in [-0.2, 0) is 12.7 Å². The molecule has 0 spiro atoms. The van der Waals surface area contributed by atoms with E-state index >= 15 is 0 Å². The van der Waals surface area contributed by atoms with Gasteiger partial charge in [0.25, 0.3) is 0 Å². The molecule has 1 aliphatic carbocycles. The average Bonchev–Trinajstić information content (AvgIpc) is 2.58. The van der Waals surface area contributed by atoms with E-state index in [9.17, 15) is 4.39 Å². The van der Waals surface area contributed by atoms with Crippen molar-refractivity contribution in [3.05, 3.63) is 11.9 Å². The van der Waals surface area contributed by atoms with Crippen LogP contribution in [0.1, 0.15) is 31.4 Å². The standard InChI is InChI=1S/C9H15FN4/c1-14-6-8(12-13-14)9(10)4-2-7(11)3-5-9/h6-7H,2-5,11H2,1H3. The summed E-state index contributed by atoms with van der Waals surface area (Å²) in [6.07, 6.45) is 4.04. The highest BCUT2D eigenvalue weighted by atomic mass is 19.1. The smallest absolute Gasteiger partial charge is 0.156 e. The lowest BCUT2D eigenvalue weighted by Crippen LogP contribution is -2.34. The zero-order chi connectivity index (χ0) is 10.2. The van der Waals surface area contributed by atoms with Crippen LogP contribution in [-0.4, -0.2) is 21.0 Å². The minimum Gasteiger partial charge on any atom is -0.328 e. The number of halogens is 1.